The van der Waals surface area contributed by atoms with E-state index < -0.39 is 0 Å². The molecule has 2 N–H and O–H groups in total. The lowest BCUT2D eigenvalue weighted by molar-refractivity contribution is 0.144. The molecule has 0 amide bonds. The lowest BCUT2D eigenvalue weighted by Crippen LogP contribution is -2.11. The monoisotopic (exact) mass is 208 g/mol. The molecule has 0 fully saturated rings. The molecule has 0 bridgehead atoms. The van der Waals surface area contributed by atoms with Crippen LogP contribution in [0.15, 0.2) is 24.3 Å². The molecule has 0 aliphatic carbocycles. The molecule has 2 heteroatoms. The van der Waals surface area contributed by atoms with E-state index in [1.54, 1.807) is 0 Å². The van der Waals surface area contributed by atoms with Gasteiger partial charge in [-0.15, -0.1) is 0 Å². The molecule has 0 unspecified atom stereocenters. The van der Waals surface area contributed by atoms with Gasteiger partial charge in [-0.1, -0.05) is 31.2 Å². The zero-order chi connectivity index (χ0) is 11.1. The van der Waals surface area contributed by atoms with Crippen LogP contribution in [0.2, 0.25) is 0 Å². The van der Waals surface area contributed by atoms with Crippen LogP contribution in [0.3, 0.4) is 0 Å². The molecule has 0 heterocycles. The zero-order valence-electron chi connectivity index (χ0n) is 9.32. The molecule has 0 saturated carbocycles. The van der Waals surface area contributed by atoms with Crippen molar-refractivity contribution in [1.29, 1.82) is 0 Å². The third-order valence-electron chi connectivity index (χ3n) is 2.79. The minimum atomic E-state index is 0.0239. The van der Waals surface area contributed by atoms with Crippen LogP contribution in [0.4, 0.5) is 0 Å². The van der Waals surface area contributed by atoms with Crippen LogP contribution in [-0.2, 0) is 12.8 Å². The van der Waals surface area contributed by atoms with Gasteiger partial charge in [0, 0.05) is 19.1 Å². The predicted octanol–water partition coefficient (Wildman–Crippen LogP) is 1.78. The van der Waals surface area contributed by atoms with Gasteiger partial charge in [0.25, 0.3) is 0 Å². The fourth-order valence-corrected chi connectivity index (χ4v) is 1.55. The van der Waals surface area contributed by atoms with Crippen molar-refractivity contribution in [3.05, 3.63) is 35.4 Å². The lowest BCUT2D eigenvalue weighted by Gasteiger charge is -2.10. The van der Waals surface area contributed by atoms with Gasteiger partial charge in [0.15, 0.2) is 0 Å². The average molecular weight is 208 g/mol. The summed E-state index contributed by atoms with van der Waals surface area (Å²) in [5.41, 5.74) is 2.62. The first kappa shape index (κ1) is 12.2. The summed E-state index contributed by atoms with van der Waals surface area (Å²) in [4.78, 5) is 0. The maximum Gasteiger partial charge on any atom is 0.0481 e. The lowest BCUT2D eigenvalue weighted by atomic mass is 10.00. The van der Waals surface area contributed by atoms with Gasteiger partial charge >= 0.3 is 0 Å². The van der Waals surface area contributed by atoms with E-state index in [1.165, 1.54) is 11.1 Å². The van der Waals surface area contributed by atoms with E-state index in [2.05, 4.69) is 31.2 Å². The Morgan fingerprint density at radius 1 is 1.00 bits per heavy atom. The molecule has 0 radical (unpaired) electrons. The Morgan fingerprint density at radius 3 is 2.00 bits per heavy atom. The van der Waals surface area contributed by atoms with Gasteiger partial charge in [0.2, 0.25) is 0 Å². The summed E-state index contributed by atoms with van der Waals surface area (Å²) < 4.78 is 0. The van der Waals surface area contributed by atoms with E-state index in [0.717, 1.165) is 19.3 Å². The van der Waals surface area contributed by atoms with E-state index in [1.807, 2.05) is 0 Å². The topological polar surface area (TPSA) is 40.5 Å². The summed E-state index contributed by atoms with van der Waals surface area (Å²) in [7, 11) is 0. The number of benzene rings is 1. The van der Waals surface area contributed by atoms with Crippen molar-refractivity contribution in [3.8, 4) is 0 Å². The number of hydrogen-bond donors (Lipinski definition) is 2. The van der Waals surface area contributed by atoms with Crippen LogP contribution in [-0.4, -0.2) is 23.4 Å². The molecule has 0 aliphatic rings. The van der Waals surface area contributed by atoms with E-state index >= 15 is 0 Å². The molecular formula is C13H20O2. The summed E-state index contributed by atoms with van der Waals surface area (Å²) in [5.74, 6) is 0.0239. The smallest absolute Gasteiger partial charge is 0.0481 e. The highest BCUT2D eigenvalue weighted by Crippen LogP contribution is 2.11. The Morgan fingerprint density at radius 2 is 1.53 bits per heavy atom. The maximum atomic E-state index is 8.93. The van der Waals surface area contributed by atoms with Crippen molar-refractivity contribution in [2.24, 2.45) is 5.92 Å². The van der Waals surface area contributed by atoms with Crippen molar-refractivity contribution in [3.63, 3.8) is 0 Å². The number of rotatable bonds is 6. The van der Waals surface area contributed by atoms with Crippen molar-refractivity contribution >= 4 is 0 Å². The normalized spacial score (nSPS) is 10.9. The largest absolute Gasteiger partial charge is 0.396 e. The minimum Gasteiger partial charge on any atom is -0.396 e. The standard InChI is InChI=1S/C13H20O2/c1-2-11-3-5-12(6-4-11)7-8-13(9-14)10-15/h3-6,13-15H,2,7-10H2,1H3. The van der Waals surface area contributed by atoms with Crippen molar-refractivity contribution in [1.82, 2.24) is 0 Å². The number of aliphatic hydroxyl groups excluding tert-OH is 2. The van der Waals surface area contributed by atoms with Crippen LogP contribution in [0.1, 0.15) is 24.5 Å². The number of hydrogen-bond acceptors (Lipinski definition) is 2. The first-order valence-corrected chi connectivity index (χ1v) is 5.59. The van der Waals surface area contributed by atoms with Gasteiger partial charge in [-0.2, -0.15) is 0 Å². The molecule has 0 aliphatic heterocycles. The number of aryl methyl sites for hydroxylation is 2. The maximum absolute atomic E-state index is 8.93. The fraction of sp³-hybridized carbons (Fsp3) is 0.538. The molecule has 1 aromatic carbocycles. The average Bonchev–Trinajstić information content (AvgIpc) is 2.31. The molecule has 2 nitrogen and oxygen atoms in total. The summed E-state index contributed by atoms with van der Waals surface area (Å²) in [6, 6.07) is 8.54. The highest BCUT2D eigenvalue weighted by Gasteiger charge is 2.05. The molecule has 84 valence electrons. The fourth-order valence-electron chi connectivity index (χ4n) is 1.55. The SMILES string of the molecule is CCc1ccc(CCC(CO)CO)cc1. The first-order valence-electron chi connectivity index (χ1n) is 5.59. The predicted molar refractivity (Wildman–Crippen MR) is 61.8 cm³/mol. The second kappa shape index (κ2) is 6.59. The Bertz CT molecular complexity index is 262. The van der Waals surface area contributed by atoms with Gasteiger partial charge in [0.05, 0.1) is 0 Å². The van der Waals surface area contributed by atoms with Crippen LogP contribution >= 0.6 is 0 Å². The Hall–Kier alpha value is -0.860. The van der Waals surface area contributed by atoms with Crippen LogP contribution in [0, 0.1) is 5.92 Å². The minimum absolute atomic E-state index is 0.0239. The molecule has 15 heavy (non-hydrogen) atoms. The molecular weight excluding hydrogens is 188 g/mol. The van der Waals surface area contributed by atoms with E-state index in [4.69, 9.17) is 10.2 Å². The highest BCUT2D eigenvalue weighted by atomic mass is 16.3. The van der Waals surface area contributed by atoms with E-state index in [0.29, 0.717) is 0 Å². The summed E-state index contributed by atoms with van der Waals surface area (Å²) in [6.07, 6.45) is 2.84. The Kier molecular flexibility index (Phi) is 5.37. The van der Waals surface area contributed by atoms with Crippen LogP contribution in [0.25, 0.3) is 0 Å². The third-order valence-corrected chi connectivity index (χ3v) is 2.79. The van der Waals surface area contributed by atoms with Gasteiger partial charge in [-0.25, -0.2) is 0 Å². The molecule has 0 spiro atoms. The molecule has 1 rings (SSSR count). The molecule has 0 atom stereocenters. The molecule has 1 aromatic rings. The van der Waals surface area contributed by atoms with Crippen LogP contribution < -0.4 is 0 Å². The third kappa shape index (κ3) is 4.02. The first-order chi connectivity index (χ1) is 7.30. The van der Waals surface area contributed by atoms with Gasteiger partial charge < -0.3 is 10.2 Å². The van der Waals surface area contributed by atoms with E-state index in [9.17, 15) is 0 Å². The summed E-state index contributed by atoms with van der Waals surface area (Å²) in [6.45, 7) is 2.29. The molecule has 0 aromatic heterocycles. The number of aliphatic hydroxyl groups is 2. The van der Waals surface area contributed by atoms with Gasteiger partial charge in [0.1, 0.15) is 0 Å². The van der Waals surface area contributed by atoms with E-state index in [-0.39, 0.29) is 19.1 Å². The Labute approximate surface area is 91.6 Å². The van der Waals surface area contributed by atoms with Crippen molar-refractivity contribution in [2.45, 2.75) is 26.2 Å². The van der Waals surface area contributed by atoms with Crippen molar-refractivity contribution in [2.75, 3.05) is 13.2 Å². The summed E-state index contributed by atoms with van der Waals surface area (Å²) >= 11 is 0. The van der Waals surface area contributed by atoms with Crippen molar-refractivity contribution < 1.29 is 10.2 Å². The Balaban J connectivity index is 2.43. The molecule has 0 saturated heterocycles. The summed E-state index contributed by atoms with van der Waals surface area (Å²) in [5, 5.41) is 17.9. The van der Waals surface area contributed by atoms with Crippen LogP contribution in [0.5, 0.6) is 0 Å². The highest BCUT2D eigenvalue weighted by molar-refractivity contribution is 5.22. The van der Waals surface area contributed by atoms with Gasteiger partial charge in [-0.3, -0.25) is 0 Å². The zero-order valence-corrected chi connectivity index (χ0v) is 9.32. The second-order valence-electron chi connectivity index (χ2n) is 3.94. The van der Waals surface area contributed by atoms with Gasteiger partial charge in [-0.05, 0) is 30.4 Å². The second-order valence-corrected chi connectivity index (χ2v) is 3.94. The quantitative estimate of drug-likeness (QED) is 0.748.